The summed E-state index contributed by atoms with van der Waals surface area (Å²) in [6.07, 6.45) is 6.71. The number of fused-ring (bicyclic) bond motifs is 2. The molecule has 4 rings (SSSR count). The molecule has 4 aliphatic rings. The average molecular weight is 705 g/mol. The van der Waals surface area contributed by atoms with Crippen LogP contribution in [-0.2, 0) is 19.1 Å². The van der Waals surface area contributed by atoms with Gasteiger partial charge in [-0.15, -0.1) is 0 Å². The molecule has 2 amide bonds. The fraction of sp³-hybridized carbons (Fsp3) is 0.950. The van der Waals surface area contributed by atoms with Crippen LogP contribution in [0.1, 0.15) is 135 Å². The van der Waals surface area contributed by atoms with Gasteiger partial charge in [0.05, 0.1) is 25.8 Å². The van der Waals surface area contributed by atoms with Gasteiger partial charge in [-0.25, -0.2) is 0 Å². The molecule has 3 unspecified atom stereocenters. The van der Waals surface area contributed by atoms with Crippen molar-refractivity contribution in [3.05, 3.63) is 0 Å². The van der Waals surface area contributed by atoms with Gasteiger partial charge < -0.3 is 24.6 Å². The third-order valence-corrected chi connectivity index (χ3v) is 12.1. The zero-order chi connectivity index (χ0) is 37.3. The van der Waals surface area contributed by atoms with Crippen LogP contribution in [0.4, 0.5) is 0 Å². The maximum absolute atomic E-state index is 13.7. The minimum absolute atomic E-state index is 0.0385. The largest absolute Gasteiger partial charge is 0.366 e. The van der Waals surface area contributed by atoms with E-state index in [1.807, 2.05) is 0 Å². The van der Waals surface area contributed by atoms with E-state index in [4.69, 9.17) is 9.47 Å². The Kier molecular flexibility index (Phi) is 13.2. The van der Waals surface area contributed by atoms with E-state index < -0.39 is 11.8 Å². The Hall–Kier alpha value is -1.30. The molecule has 4 fully saturated rings. The first-order valence-electron chi connectivity index (χ1n) is 19.9. The van der Waals surface area contributed by atoms with Crippen molar-refractivity contribution in [2.24, 2.45) is 0 Å². The van der Waals surface area contributed by atoms with Crippen molar-refractivity contribution in [1.82, 2.24) is 29.8 Å². The Bertz CT molecular complexity index is 1150. The van der Waals surface area contributed by atoms with Gasteiger partial charge in [-0.2, -0.15) is 0 Å². The van der Waals surface area contributed by atoms with Crippen LogP contribution in [0, 0.1) is 0 Å². The monoisotopic (exact) mass is 705 g/mol. The number of piperazine rings is 2. The number of hydrogen-bond acceptors (Lipinski definition) is 8. The molecule has 10 heteroatoms. The fourth-order valence-electron chi connectivity index (χ4n) is 9.25. The van der Waals surface area contributed by atoms with Gasteiger partial charge in [0, 0.05) is 73.5 Å². The van der Waals surface area contributed by atoms with E-state index in [9.17, 15) is 9.59 Å². The number of piperidine rings is 1. The number of carbonyl (C=O) groups excluding carboxylic acids is 2. The van der Waals surface area contributed by atoms with Gasteiger partial charge in [0.1, 0.15) is 11.8 Å². The van der Waals surface area contributed by atoms with E-state index in [0.29, 0.717) is 44.8 Å². The SMILES string of the molecule is CC(C)N(CCOC(C)(C)N1CCN2C(=O)C(CCC(C)(C)N3CC(=O)N4CCCCC4C3)OCC2C1)C(C)(C)CCC(C)(C)NC(C)(C)C. The molecule has 0 spiro atoms. The molecular formula is C40H76N6O4. The minimum Gasteiger partial charge on any atom is -0.366 e. The summed E-state index contributed by atoms with van der Waals surface area (Å²) in [6.45, 7) is 36.1. The van der Waals surface area contributed by atoms with Crippen LogP contribution < -0.4 is 5.32 Å². The first-order valence-corrected chi connectivity index (χ1v) is 19.9. The molecule has 0 radical (unpaired) electrons. The second-order valence-electron chi connectivity index (χ2n) is 19.6. The molecule has 0 aromatic rings. The summed E-state index contributed by atoms with van der Waals surface area (Å²) >= 11 is 0. The molecule has 3 atom stereocenters. The predicted molar refractivity (Wildman–Crippen MR) is 203 cm³/mol. The van der Waals surface area contributed by atoms with Crippen molar-refractivity contribution in [3.8, 4) is 0 Å². The number of ether oxygens (including phenoxy) is 2. The van der Waals surface area contributed by atoms with E-state index in [0.717, 1.165) is 64.8 Å². The first kappa shape index (κ1) is 41.5. The van der Waals surface area contributed by atoms with Crippen molar-refractivity contribution in [3.63, 3.8) is 0 Å². The normalized spacial score (nSPS) is 25.5. The number of hydrogen-bond donors (Lipinski definition) is 1. The van der Waals surface area contributed by atoms with E-state index in [1.165, 1.54) is 6.42 Å². The second kappa shape index (κ2) is 16.0. The predicted octanol–water partition coefficient (Wildman–Crippen LogP) is 5.34. The maximum atomic E-state index is 13.7. The van der Waals surface area contributed by atoms with Crippen molar-refractivity contribution in [1.29, 1.82) is 0 Å². The molecule has 0 bridgehead atoms. The Morgan fingerprint density at radius 2 is 1.52 bits per heavy atom. The smallest absolute Gasteiger partial charge is 0.252 e. The maximum Gasteiger partial charge on any atom is 0.252 e. The van der Waals surface area contributed by atoms with Gasteiger partial charge in [0.25, 0.3) is 5.91 Å². The first-order chi connectivity index (χ1) is 23.0. The quantitative estimate of drug-likeness (QED) is 0.245. The highest BCUT2D eigenvalue weighted by Crippen LogP contribution is 2.32. The van der Waals surface area contributed by atoms with Crippen molar-refractivity contribution >= 4 is 11.8 Å². The number of nitrogens with zero attached hydrogens (tertiary/aromatic N) is 5. The second-order valence-corrected chi connectivity index (χ2v) is 19.6. The standard InChI is InChI=1S/C40H76N6O4/c1-30(2)46(39(10,11)20-19-37(6,7)41-36(3,4)5)24-25-50-40(12,13)42-22-23-45-32(27-42)29-49-33(35(45)48)17-18-38(8,9)43-26-31-16-14-15-21-44(31)34(47)28-43/h30-33,41H,14-29H2,1-13H3. The molecule has 0 saturated carbocycles. The Labute approximate surface area is 306 Å². The average Bonchev–Trinajstić information content (AvgIpc) is 3.00. The van der Waals surface area contributed by atoms with Gasteiger partial charge in [-0.05, 0) is 135 Å². The van der Waals surface area contributed by atoms with Crippen molar-refractivity contribution < 1.29 is 19.1 Å². The number of morpholine rings is 1. The van der Waals surface area contributed by atoms with Gasteiger partial charge in [-0.3, -0.25) is 24.3 Å². The summed E-state index contributed by atoms with van der Waals surface area (Å²) in [5.74, 6) is 0.385. The molecule has 0 aliphatic carbocycles. The van der Waals surface area contributed by atoms with Crippen LogP contribution in [0.5, 0.6) is 0 Å². The molecule has 290 valence electrons. The third kappa shape index (κ3) is 10.6. The van der Waals surface area contributed by atoms with Crippen LogP contribution >= 0.6 is 0 Å². The number of nitrogens with one attached hydrogen (secondary N) is 1. The summed E-state index contributed by atoms with van der Waals surface area (Å²) in [5.41, 5.74) is -0.426. The zero-order valence-electron chi connectivity index (χ0n) is 34.5. The highest BCUT2D eigenvalue weighted by atomic mass is 16.5. The fourth-order valence-corrected chi connectivity index (χ4v) is 9.25. The summed E-state index contributed by atoms with van der Waals surface area (Å²) in [5, 5.41) is 3.80. The van der Waals surface area contributed by atoms with E-state index in [2.05, 4.69) is 120 Å². The van der Waals surface area contributed by atoms with Gasteiger partial charge in [-0.1, -0.05) is 0 Å². The summed E-state index contributed by atoms with van der Waals surface area (Å²) in [6, 6.07) is 0.783. The molecule has 4 heterocycles. The van der Waals surface area contributed by atoms with E-state index >= 15 is 0 Å². The summed E-state index contributed by atoms with van der Waals surface area (Å²) < 4.78 is 13.0. The van der Waals surface area contributed by atoms with Gasteiger partial charge >= 0.3 is 0 Å². The number of carbonyl (C=O) groups is 2. The molecule has 0 aromatic heterocycles. The Morgan fingerprint density at radius 1 is 0.840 bits per heavy atom. The summed E-state index contributed by atoms with van der Waals surface area (Å²) in [7, 11) is 0. The minimum atomic E-state index is -0.443. The number of amides is 2. The van der Waals surface area contributed by atoms with Gasteiger partial charge in [0.15, 0.2) is 0 Å². The van der Waals surface area contributed by atoms with E-state index in [-0.39, 0.29) is 40.0 Å². The molecule has 4 aliphatic heterocycles. The van der Waals surface area contributed by atoms with Crippen LogP contribution in [0.2, 0.25) is 0 Å². The molecule has 0 aromatic carbocycles. The van der Waals surface area contributed by atoms with Crippen LogP contribution in [0.3, 0.4) is 0 Å². The van der Waals surface area contributed by atoms with Crippen LogP contribution in [0.15, 0.2) is 0 Å². The van der Waals surface area contributed by atoms with Crippen molar-refractivity contribution in [2.75, 3.05) is 59.0 Å². The molecule has 1 N–H and O–H groups in total. The summed E-state index contributed by atoms with van der Waals surface area (Å²) in [4.78, 5) is 38.1. The highest BCUT2D eigenvalue weighted by Gasteiger charge is 2.45. The Morgan fingerprint density at radius 3 is 2.18 bits per heavy atom. The lowest BCUT2D eigenvalue weighted by Gasteiger charge is -2.51. The lowest BCUT2D eigenvalue weighted by atomic mass is 9.86. The zero-order valence-corrected chi connectivity index (χ0v) is 34.5. The lowest BCUT2D eigenvalue weighted by Crippen LogP contribution is -2.66. The molecule has 4 saturated heterocycles. The van der Waals surface area contributed by atoms with Crippen molar-refractivity contribution in [2.45, 2.75) is 187 Å². The van der Waals surface area contributed by atoms with Crippen LogP contribution in [0.25, 0.3) is 0 Å². The third-order valence-electron chi connectivity index (χ3n) is 12.1. The topological polar surface area (TPSA) is 80.8 Å². The van der Waals surface area contributed by atoms with Gasteiger partial charge in [0.2, 0.25) is 5.91 Å². The lowest BCUT2D eigenvalue weighted by molar-refractivity contribution is -0.187. The highest BCUT2D eigenvalue weighted by molar-refractivity contribution is 5.82. The molecule has 10 nitrogen and oxygen atoms in total. The number of rotatable bonds is 15. The van der Waals surface area contributed by atoms with E-state index in [1.54, 1.807) is 0 Å². The molecule has 50 heavy (non-hydrogen) atoms. The van der Waals surface area contributed by atoms with Crippen LogP contribution in [-0.4, -0.2) is 147 Å². The molecular weight excluding hydrogens is 628 g/mol. The Balaban J connectivity index is 1.24.